The van der Waals surface area contributed by atoms with Crippen molar-refractivity contribution >= 4 is 38.1 Å². The third-order valence-electron chi connectivity index (χ3n) is 8.45. The third kappa shape index (κ3) is 6.57. The molecule has 242 valence electrons. The van der Waals surface area contributed by atoms with Crippen LogP contribution in [0, 0.1) is 34.8 Å². The van der Waals surface area contributed by atoms with Crippen LogP contribution in [0.3, 0.4) is 0 Å². The van der Waals surface area contributed by atoms with Crippen LogP contribution in [-0.4, -0.2) is 29.7 Å². The first-order chi connectivity index (χ1) is 21.2. The molecule has 0 fully saturated rings. The number of hydrogen-bond donors (Lipinski definition) is 0. The summed E-state index contributed by atoms with van der Waals surface area (Å²) in [7, 11) is 1.75. The highest BCUT2D eigenvalue weighted by molar-refractivity contribution is 7.19. The molecule has 0 spiro atoms. The highest BCUT2D eigenvalue weighted by Crippen LogP contribution is 2.48. The van der Waals surface area contributed by atoms with Gasteiger partial charge in [-0.05, 0) is 55.2 Å². The van der Waals surface area contributed by atoms with E-state index in [1.165, 1.54) is 0 Å². The lowest BCUT2D eigenvalue weighted by Crippen LogP contribution is -2.37. The van der Waals surface area contributed by atoms with Gasteiger partial charge in [0.25, 0.3) is 0 Å². The van der Waals surface area contributed by atoms with Crippen molar-refractivity contribution in [3.63, 3.8) is 0 Å². The topological polar surface area (TPSA) is 62.0 Å². The second kappa shape index (κ2) is 13.5. The molecule has 0 aliphatic rings. The summed E-state index contributed by atoms with van der Waals surface area (Å²) in [6, 6.07) is 4.75. The average Bonchev–Trinajstić information content (AvgIpc) is 3.38. The molecule has 11 heteroatoms. The van der Waals surface area contributed by atoms with Crippen molar-refractivity contribution in [1.29, 1.82) is 5.26 Å². The van der Waals surface area contributed by atoms with Gasteiger partial charge < -0.3 is 9.64 Å². The zero-order chi connectivity index (χ0) is 33.4. The van der Waals surface area contributed by atoms with Gasteiger partial charge >= 0.3 is 12.2 Å². The van der Waals surface area contributed by atoms with E-state index in [0.29, 0.717) is 10.8 Å². The Hall–Kier alpha value is -3.52. The molecule has 0 N–H and O–H groups in total. The van der Waals surface area contributed by atoms with E-state index in [-0.39, 0.29) is 68.4 Å². The smallest absolute Gasteiger partial charge is 0.417 e. The highest BCUT2D eigenvalue weighted by atomic mass is 32.1. The standard InChI is InChI=1S/C34H39F5N4OS/c1-9-19(7)11-14-25(17(3)4)43(8)32-21-15-23(34(37,38)39)27(28(36)29(21)41-33(42-32)44-10-2)20-12-13-24(35)31-26(20)22(16-40)30(45-31)18(5)6/h12-13,15,17-19,25H,9-11,14H2,1-8H3. The van der Waals surface area contributed by atoms with E-state index in [2.05, 4.69) is 23.8 Å². The molecule has 0 saturated carbocycles. The van der Waals surface area contributed by atoms with E-state index in [4.69, 9.17) is 4.74 Å². The summed E-state index contributed by atoms with van der Waals surface area (Å²) >= 11 is 0.991. The molecule has 0 saturated heterocycles. The van der Waals surface area contributed by atoms with Gasteiger partial charge in [0.1, 0.15) is 23.2 Å². The molecule has 0 bridgehead atoms. The largest absolute Gasteiger partial charge is 0.464 e. The lowest BCUT2D eigenvalue weighted by molar-refractivity contribution is -0.137. The second-order valence-electron chi connectivity index (χ2n) is 12.2. The van der Waals surface area contributed by atoms with Crippen LogP contribution in [0.4, 0.5) is 27.8 Å². The third-order valence-corrected chi connectivity index (χ3v) is 9.94. The molecule has 5 nitrogen and oxygen atoms in total. The molecule has 4 aromatic rings. The minimum absolute atomic E-state index is 0.000399. The Kier molecular flexibility index (Phi) is 10.3. The van der Waals surface area contributed by atoms with E-state index in [9.17, 15) is 18.4 Å². The van der Waals surface area contributed by atoms with Crippen LogP contribution < -0.4 is 9.64 Å². The lowest BCUT2D eigenvalue weighted by atomic mass is 9.91. The van der Waals surface area contributed by atoms with Crippen LogP contribution >= 0.6 is 11.3 Å². The maximum absolute atomic E-state index is 16.9. The molecular formula is C34H39F5N4OS. The minimum atomic E-state index is -5.00. The van der Waals surface area contributed by atoms with Crippen molar-refractivity contribution in [2.75, 3.05) is 18.6 Å². The Bertz CT molecular complexity index is 1740. The van der Waals surface area contributed by atoms with Crippen LogP contribution in [-0.2, 0) is 6.18 Å². The molecule has 45 heavy (non-hydrogen) atoms. The van der Waals surface area contributed by atoms with Gasteiger partial charge in [-0.3, -0.25) is 0 Å². The number of anilines is 1. The van der Waals surface area contributed by atoms with Crippen molar-refractivity contribution < 1.29 is 26.7 Å². The molecule has 4 rings (SSSR count). The summed E-state index contributed by atoms with van der Waals surface area (Å²) in [5.74, 6) is -1.46. The van der Waals surface area contributed by atoms with Gasteiger partial charge in [0.05, 0.1) is 22.4 Å². The summed E-state index contributed by atoms with van der Waals surface area (Å²) in [6.07, 6.45) is -2.35. The molecule has 2 aromatic carbocycles. The van der Waals surface area contributed by atoms with Gasteiger partial charge in [-0.25, -0.2) is 8.78 Å². The van der Waals surface area contributed by atoms with Gasteiger partial charge in [-0.1, -0.05) is 54.0 Å². The fraction of sp³-hybridized carbons (Fsp3) is 0.500. The van der Waals surface area contributed by atoms with E-state index in [1.807, 2.05) is 19.9 Å². The Morgan fingerprint density at radius 1 is 1.04 bits per heavy atom. The zero-order valence-corrected chi connectivity index (χ0v) is 27.7. The number of ether oxygens (including phenoxy) is 1. The number of benzene rings is 2. The molecule has 0 aliphatic carbocycles. The number of halogens is 5. The number of fused-ring (bicyclic) bond motifs is 2. The number of thiophene rings is 1. The Morgan fingerprint density at radius 2 is 1.73 bits per heavy atom. The second-order valence-corrected chi connectivity index (χ2v) is 13.2. The average molecular weight is 647 g/mol. The summed E-state index contributed by atoms with van der Waals surface area (Å²) in [4.78, 5) is 11.0. The lowest BCUT2D eigenvalue weighted by Gasteiger charge is -2.34. The van der Waals surface area contributed by atoms with Crippen LogP contribution in [0.2, 0.25) is 0 Å². The first-order valence-corrected chi connectivity index (χ1v) is 16.1. The molecule has 2 heterocycles. The summed E-state index contributed by atoms with van der Waals surface area (Å²) in [5, 5.41) is 9.89. The van der Waals surface area contributed by atoms with Gasteiger partial charge in [-0.15, -0.1) is 11.3 Å². The normalized spacial score (nSPS) is 13.6. The number of alkyl halides is 3. The number of nitrogens with zero attached hydrogens (tertiary/aromatic N) is 4. The molecule has 2 unspecified atom stereocenters. The van der Waals surface area contributed by atoms with Crippen molar-refractivity contribution in [2.24, 2.45) is 11.8 Å². The fourth-order valence-electron chi connectivity index (χ4n) is 5.85. The quantitative estimate of drug-likeness (QED) is 0.152. The maximum atomic E-state index is 16.9. The molecule has 2 aromatic heterocycles. The SMILES string of the molecule is CCOc1nc(N(C)C(CCC(C)CC)C(C)C)c2cc(C(F)(F)F)c(-c3ccc(F)c4sc(C(C)C)c(C#N)c34)c(F)c2n1. The predicted octanol–water partition coefficient (Wildman–Crippen LogP) is 10.5. The zero-order valence-electron chi connectivity index (χ0n) is 26.9. The summed E-state index contributed by atoms with van der Waals surface area (Å²) in [5.41, 5.74) is -2.59. The van der Waals surface area contributed by atoms with Crippen LogP contribution in [0.15, 0.2) is 18.2 Å². The number of rotatable bonds is 11. The summed E-state index contributed by atoms with van der Waals surface area (Å²) in [6.45, 7) is 13.8. The number of nitriles is 1. The predicted molar refractivity (Wildman–Crippen MR) is 171 cm³/mol. The van der Waals surface area contributed by atoms with Gasteiger partial charge in [-0.2, -0.15) is 28.4 Å². The first kappa shape index (κ1) is 34.4. The van der Waals surface area contributed by atoms with E-state index >= 15 is 8.78 Å². The number of hydrogen-bond acceptors (Lipinski definition) is 6. The molecular weight excluding hydrogens is 607 g/mol. The van der Waals surface area contributed by atoms with Crippen LogP contribution in [0.25, 0.3) is 32.1 Å². The Balaban J connectivity index is 2.11. The van der Waals surface area contributed by atoms with Crippen LogP contribution in [0.5, 0.6) is 6.01 Å². The van der Waals surface area contributed by atoms with Gasteiger partial charge in [0, 0.05) is 34.3 Å². The number of aromatic nitrogens is 2. The Morgan fingerprint density at radius 3 is 2.29 bits per heavy atom. The summed E-state index contributed by atoms with van der Waals surface area (Å²) < 4.78 is 82.3. The van der Waals surface area contributed by atoms with E-state index in [1.54, 1.807) is 32.7 Å². The first-order valence-electron chi connectivity index (χ1n) is 15.3. The Labute approximate surface area is 265 Å². The van der Waals surface area contributed by atoms with E-state index < -0.39 is 28.9 Å². The monoisotopic (exact) mass is 646 g/mol. The van der Waals surface area contributed by atoms with Crippen molar-refractivity contribution in [1.82, 2.24) is 9.97 Å². The molecule has 2 atom stereocenters. The van der Waals surface area contributed by atoms with Gasteiger partial charge in [0.2, 0.25) is 0 Å². The van der Waals surface area contributed by atoms with Gasteiger partial charge in [0.15, 0.2) is 5.82 Å². The maximum Gasteiger partial charge on any atom is 0.417 e. The highest BCUT2D eigenvalue weighted by Gasteiger charge is 2.39. The molecule has 0 radical (unpaired) electrons. The van der Waals surface area contributed by atoms with Crippen molar-refractivity contribution in [2.45, 2.75) is 85.9 Å². The van der Waals surface area contributed by atoms with Crippen molar-refractivity contribution in [3.8, 4) is 23.2 Å². The minimum Gasteiger partial charge on any atom is -0.464 e. The fourth-order valence-corrected chi connectivity index (χ4v) is 7.03. The molecule has 0 aliphatic heterocycles. The van der Waals surface area contributed by atoms with Crippen molar-refractivity contribution in [3.05, 3.63) is 45.8 Å². The van der Waals surface area contributed by atoms with Crippen LogP contribution in [0.1, 0.15) is 89.7 Å². The van der Waals surface area contributed by atoms with E-state index in [0.717, 1.165) is 48.8 Å². The molecule has 0 amide bonds.